The fourth-order valence-electron chi connectivity index (χ4n) is 6.32. The summed E-state index contributed by atoms with van der Waals surface area (Å²) in [5.74, 6) is 0. The number of rotatable bonds is 5. The van der Waals surface area contributed by atoms with E-state index < -0.39 is 0 Å². The zero-order chi connectivity index (χ0) is 35.6. The maximum Gasteiger partial charge on any atom is 0.196 e. The van der Waals surface area contributed by atoms with Gasteiger partial charge in [0.2, 0.25) is 0 Å². The molecule has 0 saturated heterocycles. The summed E-state index contributed by atoms with van der Waals surface area (Å²) >= 11 is 0. The van der Waals surface area contributed by atoms with E-state index in [4.69, 9.17) is 39.7 Å². The number of para-hydroxylation sites is 3. The van der Waals surface area contributed by atoms with Crippen LogP contribution in [-0.4, -0.2) is 19.9 Å². The standard InChI is InChI=1S/C44H22N8/c1-46-34-17-9-6-14-31(34)42-41(30-13-5-4-12-29(30)26-45)49-37-22-20-27(24-39(37)51-42)28-21-23-38-40(25-28)52-44(33-16-8-11-19-36(33)48-3)43(50-38)32-15-7-10-18-35(32)47-2/h4-25H. The van der Waals surface area contributed by atoms with Gasteiger partial charge in [0.05, 0.1) is 76.2 Å². The molecule has 0 aliphatic heterocycles. The van der Waals surface area contributed by atoms with E-state index in [-0.39, 0.29) is 0 Å². The van der Waals surface area contributed by atoms with Crippen LogP contribution in [0.5, 0.6) is 0 Å². The van der Waals surface area contributed by atoms with Gasteiger partial charge in [-0.3, -0.25) is 0 Å². The topological polar surface area (TPSA) is 88.4 Å². The van der Waals surface area contributed by atoms with Gasteiger partial charge in [0.15, 0.2) is 17.1 Å². The normalized spacial score (nSPS) is 10.6. The lowest BCUT2D eigenvalue weighted by Crippen LogP contribution is -1.98. The third-order valence-corrected chi connectivity index (χ3v) is 8.80. The van der Waals surface area contributed by atoms with Gasteiger partial charge in [-0.15, -0.1) is 0 Å². The fraction of sp³-hybridized carbons (Fsp3) is 0. The predicted molar refractivity (Wildman–Crippen MR) is 203 cm³/mol. The van der Waals surface area contributed by atoms with Crippen molar-refractivity contribution in [2.75, 3.05) is 0 Å². The number of aromatic nitrogens is 4. The number of hydrogen-bond acceptors (Lipinski definition) is 5. The lowest BCUT2D eigenvalue weighted by Gasteiger charge is -2.14. The summed E-state index contributed by atoms with van der Waals surface area (Å²) in [7, 11) is 0. The minimum atomic E-state index is 0.435. The van der Waals surface area contributed by atoms with Gasteiger partial charge in [0.1, 0.15) is 0 Å². The molecule has 2 heterocycles. The first-order valence-electron chi connectivity index (χ1n) is 16.1. The summed E-state index contributed by atoms with van der Waals surface area (Å²) in [6.07, 6.45) is 0. The van der Waals surface area contributed by atoms with Crippen molar-refractivity contribution >= 4 is 39.1 Å². The minimum absolute atomic E-state index is 0.435. The highest BCUT2D eigenvalue weighted by atomic mass is 14.9. The fourth-order valence-corrected chi connectivity index (χ4v) is 6.32. The Kier molecular flexibility index (Phi) is 7.88. The monoisotopic (exact) mass is 662 g/mol. The summed E-state index contributed by atoms with van der Waals surface area (Å²) in [4.78, 5) is 31.5. The van der Waals surface area contributed by atoms with Crippen molar-refractivity contribution in [2.24, 2.45) is 0 Å². The second-order valence-electron chi connectivity index (χ2n) is 11.8. The first-order valence-corrected chi connectivity index (χ1v) is 16.1. The largest absolute Gasteiger partial charge is 0.245 e. The number of hydrogen-bond donors (Lipinski definition) is 0. The van der Waals surface area contributed by atoms with Crippen LogP contribution in [0, 0.1) is 31.0 Å². The van der Waals surface area contributed by atoms with E-state index in [1.165, 1.54) is 0 Å². The van der Waals surface area contributed by atoms with Crippen molar-refractivity contribution in [1.82, 2.24) is 19.9 Å². The molecule has 0 unspecified atom stereocenters. The minimum Gasteiger partial charge on any atom is -0.245 e. The molecule has 0 N–H and O–H groups in total. The van der Waals surface area contributed by atoms with Gasteiger partial charge in [0, 0.05) is 22.3 Å². The Morgan fingerprint density at radius 1 is 0.404 bits per heavy atom. The Morgan fingerprint density at radius 2 is 0.750 bits per heavy atom. The molecule has 0 aliphatic carbocycles. The smallest absolute Gasteiger partial charge is 0.196 e. The molecule has 8 heteroatoms. The summed E-state index contributed by atoms with van der Waals surface area (Å²) in [5, 5.41) is 9.92. The summed E-state index contributed by atoms with van der Waals surface area (Å²) in [6, 6.07) is 43.0. The number of fused-ring (bicyclic) bond motifs is 2. The first-order chi connectivity index (χ1) is 25.6. The van der Waals surface area contributed by atoms with E-state index in [0.29, 0.717) is 89.7 Å². The highest BCUT2D eigenvalue weighted by molar-refractivity contribution is 5.96. The molecule has 0 radical (unpaired) electrons. The van der Waals surface area contributed by atoms with Crippen molar-refractivity contribution in [1.29, 1.82) is 5.26 Å². The molecule has 8 nitrogen and oxygen atoms in total. The third-order valence-electron chi connectivity index (χ3n) is 8.80. The van der Waals surface area contributed by atoms with E-state index in [2.05, 4.69) is 20.6 Å². The van der Waals surface area contributed by atoms with Crippen molar-refractivity contribution < 1.29 is 0 Å². The molecule has 2 aromatic heterocycles. The van der Waals surface area contributed by atoms with Crippen LogP contribution < -0.4 is 0 Å². The van der Waals surface area contributed by atoms with Crippen LogP contribution in [0.4, 0.5) is 17.1 Å². The van der Waals surface area contributed by atoms with E-state index in [1.54, 1.807) is 24.3 Å². The van der Waals surface area contributed by atoms with Crippen LogP contribution in [0.2, 0.25) is 0 Å². The number of benzene rings is 6. The van der Waals surface area contributed by atoms with E-state index in [1.807, 2.05) is 109 Å². The molecule has 0 saturated carbocycles. The molecule has 8 rings (SSSR count). The van der Waals surface area contributed by atoms with Crippen molar-refractivity contribution in [3.8, 4) is 62.2 Å². The highest BCUT2D eigenvalue weighted by Gasteiger charge is 2.20. The summed E-state index contributed by atoms with van der Waals surface area (Å²) < 4.78 is 0. The number of nitriles is 1. The molecule has 0 aliphatic rings. The van der Waals surface area contributed by atoms with Crippen LogP contribution >= 0.6 is 0 Å². The second kappa shape index (κ2) is 13.1. The molecule has 52 heavy (non-hydrogen) atoms. The molecule has 0 spiro atoms. The quantitative estimate of drug-likeness (QED) is 0.171. The maximum absolute atomic E-state index is 9.92. The Bertz CT molecular complexity index is 2720. The van der Waals surface area contributed by atoms with Crippen molar-refractivity contribution in [3.63, 3.8) is 0 Å². The number of nitrogens with zero attached hydrogens (tertiary/aromatic N) is 8. The molecular formula is C44H22N8. The molecule has 0 amide bonds. The zero-order valence-corrected chi connectivity index (χ0v) is 27.3. The molecule has 8 aromatic rings. The highest BCUT2D eigenvalue weighted by Crippen LogP contribution is 2.41. The average Bonchev–Trinajstić information content (AvgIpc) is 3.22. The summed E-state index contributed by atoms with van der Waals surface area (Å²) in [6.45, 7) is 23.4. The zero-order valence-electron chi connectivity index (χ0n) is 27.3. The predicted octanol–water partition coefficient (Wildman–Crippen LogP) is 11.4. The first kappa shape index (κ1) is 31.2. The lowest BCUT2D eigenvalue weighted by molar-refractivity contribution is 1.29. The molecule has 0 fully saturated rings. The molecule has 0 atom stereocenters. The maximum atomic E-state index is 9.92. The summed E-state index contributed by atoms with van der Waals surface area (Å²) in [5.41, 5.74) is 10.7. The van der Waals surface area contributed by atoms with Gasteiger partial charge < -0.3 is 0 Å². The lowest BCUT2D eigenvalue weighted by atomic mass is 9.98. The van der Waals surface area contributed by atoms with Crippen LogP contribution in [0.25, 0.3) is 92.8 Å². The Morgan fingerprint density at radius 3 is 1.15 bits per heavy atom. The Hall–Kier alpha value is -8.04. The second-order valence-corrected chi connectivity index (χ2v) is 11.8. The van der Waals surface area contributed by atoms with Gasteiger partial charge in [-0.2, -0.15) is 5.26 Å². The van der Waals surface area contributed by atoms with Crippen LogP contribution in [0.1, 0.15) is 5.56 Å². The average molecular weight is 663 g/mol. The van der Waals surface area contributed by atoms with Gasteiger partial charge in [-0.1, -0.05) is 103 Å². The Labute approximate surface area is 299 Å². The van der Waals surface area contributed by atoms with Gasteiger partial charge in [-0.25, -0.2) is 34.5 Å². The SMILES string of the molecule is [C-]#[N+]c1ccccc1-c1nc2cc(-c3ccc4nc(-c5ccccc5[N+]#[C-])c(-c5ccccc5[N+]#[C-])nc4c3)ccc2nc1-c1ccccc1C#N. The van der Waals surface area contributed by atoms with Gasteiger partial charge in [0.25, 0.3) is 0 Å². The van der Waals surface area contributed by atoms with Crippen LogP contribution in [-0.2, 0) is 0 Å². The Balaban J connectivity index is 1.32. The van der Waals surface area contributed by atoms with Crippen molar-refractivity contribution in [3.05, 3.63) is 173 Å². The van der Waals surface area contributed by atoms with E-state index in [0.717, 1.165) is 11.1 Å². The van der Waals surface area contributed by atoms with Crippen LogP contribution in [0.3, 0.4) is 0 Å². The van der Waals surface area contributed by atoms with Gasteiger partial charge in [-0.05, 0) is 41.5 Å². The van der Waals surface area contributed by atoms with Gasteiger partial charge >= 0.3 is 0 Å². The van der Waals surface area contributed by atoms with Crippen molar-refractivity contribution in [2.45, 2.75) is 0 Å². The van der Waals surface area contributed by atoms with E-state index >= 15 is 0 Å². The third kappa shape index (κ3) is 5.42. The molecule has 6 aromatic carbocycles. The van der Waals surface area contributed by atoms with E-state index in [9.17, 15) is 5.26 Å². The molecular weight excluding hydrogens is 641 g/mol. The molecule has 0 bridgehead atoms. The van der Waals surface area contributed by atoms with Crippen LogP contribution in [0.15, 0.2) is 133 Å². The molecule has 238 valence electrons.